The average Bonchev–Trinajstić information content (AvgIpc) is 3.18. The zero-order valence-electron chi connectivity index (χ0n) is 18.8. The van der Waals surface area contributed by atoms with Crippen LogP contribution < -0.4 is 10.6 Å². The normalized spacial score (nSPS) is 23.7. The predicted molar refractivity (Wildman–Crippen MR) is 124 cm³/mol. The Morgan fingerprint density at radius 1 is 1.12 bits per heavy atom. The van der Waals surface area contributed by atoms with E-state index >= 15 is 0 Å². The van der Waals surface area contributed by atoms with Crippen molar-refractivity contribution in [2.24, 2.45) is 12.5 Å². The SMILES string of the molecule is Cc1ccc(N2CCS(=O)(=O)CC2)cc1-c1ccc2c(n1)n(C)c(=O)n2CC1(C)CC1(F)F. The Kier molecular flexibility index (Phi) is 4.76. The molecule has 5 rings (SSSR count). The second kappa shape index (κ2) is 7.12. The second-order valence-corrected chi connectivity index (χ2v) is 11.9. The molecule has 1 saturated carbocycles. The molecule has 0 amide bonds. The number of aromatic nitrogens is 3. The molecule has 1 aromatic carbocycles. The van der Waals surface area contributed by atoms with Crippen LogP contribution in [0.3, 0.4) is 0 Å². The molecule has 0 radical (unpaired) electrons. The highest BCUT2D eigenvalue weighted by Crippen LogP contribution is 2.61. The van der Waals surface area contributed by atoms with E-state index in [1.807, 2.05) is 30.0 Å². The number of pyridine rings is 1. The fourth-order valence-electron chi connectivity index (χ4n) is 4.60. The van der Waals surface area contributed by atoms with Gasteiger partial charge in [-0.15, -0.1) is 0 Å². The highest BCUT2D eigenvalue weighted by atomic mass is 32.2. The van der Waals surface area contributed by atoms with Gasteiger partial charge in [0.1, 0.15) is 0 Å². The lowest BCUT2D eigenvalue weighted by Crippen LogP contribution is -2.40. The van der Waals surface area contributed by atoms with E-state index in [1.54, 1.807) is 19.2 Å². The molecule has 0 spiro atoms. The third-order valence-electron chi connectivity index (χ3n) is 7.06. The summed E-state index contributed by atoms with van der Waals surface area (Å²) in [5.74, 6) is -2.49. The summed E-state index contributed by atoms with van der Waals surface area (Å²) in [7, 11) is -1.38. The van der Waals surface area contributed by atoms with Crippen LogP contribution in [0.1, 0.15) is 18.9 Å². The van der Waals surface area contributed by atoms with E-state index in [1.165, 1.54) is 16.1 Å². The smallest absolute Gasteiger partial charge is 0.330 e. The number of halogens is 2. The monoisotopic (exact) mass is 476 g/mol. The molecule has 33 heavy (non-hydrogen) atoms. The summed E-state index contributed by atoms with van der Waals surface area (Å²) < 4.78 is 53.9. The first kappa shape index (κ1) is 22.1. The van der Waals surface area contributed by atoms with Crippen molar-refractivity contribution in [3.8, 4) is 11.3 Å². The van der Waals surface area contributed by atoms with Gasteiger partial charge in [0.2, 0.25) is 0 Å². The fraction of sp³-hybridized carbons (Fsp3) is 0.478. The van der Waals surface area contributed by atoms with Crippen LogP contribution in [0, 0.1) is 12.3 Å². The van der Waals surface area contributed by atoms with Crippen molar-refractivity contribution in [2.75, 3.05) is 29.5 Å². The molecule has 1 atom stereocenters. The maximum Gasteiger partial charge on any atom is 0.330 e. The van der Waals surface area contributed by atoms with E-state index in [4.69, 9.17) is 4.98 Å². The Hall–Kier alpha value is -2.75. The van der Waals surface area contributed by atoms with Gasteiger partial charge in [-0.05, 0) is 36.8 Å². The van der Waals surface area contributed by atoms with Crippen molar-refractivity contribution in [3.05, 3.63) is 46.4 Å². The van der Waals surface area contributed by atoms with E-state index in [0.29, 0.717) is 29.9 Å². The van der Waals surface area contributed by atoms with Crippen LogP contribution in [0.2, 0.25) is 0 Å². The summed E-state index contributed by atoms with van der Waals surface area (Å²) in [6.45, 7) is 4.30. The van der Waals surface area contributed by atoms with E-state index < -0.39 is 21.2 Å². The molecule has 1 saturated heterocycles. The summed E-state index contributed by atoms with van der Waals surface area (Å²) in [5.41, 5.74) is 2.86. The average molecular weight is 477 g/mol. The minimum atomic E-state index is -2.98. The predicted octanol–water partition coefficient (Wildman–Crippen LogP) is 2.99. The zero-order chi connectivity index (χ0) is 23.8. The second-order valence-electron chi connectivity index (χ2n) is 9.55. The first-order chi connectivity index (χ1) is 15.4. The number of rotatable bonds is 4. The van der Waals surface area contributed by atoms with Gasteiger partial charge in [0, 0.05) is 44.4 Å². The lowest BCUT2D eigenvalue weighted by molar-refractivity contribution is 0.0637. The molecule has 7 nitrogen and oxygen atoms in total. The summed E-state index contributed by atoms with van der Waals surface area (Å²) >= 11 is 0. The minimum Gasteiger partial charge on any atom is -0.369 e. The summed E-state index contributed by atoms with van der Waals surface area (Å²) in [6.07, 6.45) is -0.224. The summed E-state index contributed by atoms with van der Waals surface area (Å²) in [6, 6.07) is 9.50. The van der Waals surface area contributed by atoms with Crippen molar-refractivity contribution in [1.82, 2.24) is 14.1 Å². The maximum atomic E-state index is 13.8. The molecule has 1 aliphatic heterocycles. The van der Waals surface area contributed by atoms with Crippen molar-refractivity contribution >= 4 is 26.7 Å². The van der Waals surface area contributed by atoms with Gasteiger partial charge in [-0.2, -0.15) is 0 Å². The van der Waals surface area contributed by atoms with Gasteiger partial charge >= 0.3 is 5.69 Å². The lowest BCUT2D eigenvalue weighted by Gasteiger charge is -2.29. The maximum absolute atomic E-state index is 13.8. The molecule has 2 aromatic heterocycles. The zero-order valence-corrected chi connectivity index (χ0v) is 19.6. The minimum absolute atomic E-state index is 0.0520. The van der Waals surface area contributed by atoms with E-state index in [-0.39, 0.29) is 30.2 Å². The Morgan fingerprint density at radius 2 is 1.79 bits per heavy atom. The third kappa shape index (κ3) is 3.64. The Labute approximate surface area is 190 Å². The van der Waals surface area contributed by atoms with Crippen LogP contribution in [0.5, 0.6) is 0 Å². The Morgan fingerprint density at radius 3 is 2.42 bits per heavy atom. The van der Waals surface area contributed by atoms with E-state index in [9.17, 15) is 22.0 Å². The number of imidazole rings is 1. The number of aryl methyl sites for hydroxylation is 2. The lowest BCUT2D eigenvalue weighted by atomic mass is 10.0. The van der Waals surface area contributed by atoms with E-state index in [0.717, 1.165) is 16.8 Å². The molecule has 0 N–H and O–H groups in total. The molecular weight excluding hydrogens is 450 g/mol. The van der Waals surface area contributed by atoms with Crippen LogP contribution in [0.4, 0.5) is 14.5 Å². The molecular formula is C23H26F2N4O3S. The van der Waals surface area contributed by atoms with Gasteiger partial charge in [0.25, 0.3) is 5.92 Å². The molecule has 176 valence electrons. The van der Waals surface area contributed by atoms with Crippen molar-refractivity contribution < 1.29 is 17.2 Å². The van der Waals surface area contributed by atoms with Crippen LogP contribution in [0.25, 0.3) is 22.4 Å². The van der Waals surface area contributed by atoms with Gasteiger partial charge < -0.3 is 4.90 Å². The molecule has 1 aliphatic carbocycles. The number of alkyl halides is 2. The number of fused-ring (bicyclic) bond motifs is 1. The number of nitrogens with zero attached hydrogens (tertiary/aromatic N) is 4. The Balaban J connectivity index is 1.52. The first-order valence-electron chi connectivity index (χ1n) is 10.9. The fourth-order valence-corrected chi connectivity index (χ4v) is 5.80. The van der Waals surface area contributed by atoms with Gasteiger partial charge in [-0.25, -0.2) is 27.0 Å². The number of sulfone groups is 1. The molecule has 1 unspecified atom stereocenters. The Bertz CT molecular complexity index is 1430. The molecule has 2 aliphatic rings. The number of anilines is 1. The van der Waals surface area contributed by atoms with Crippen molar-refractivity contribution in [1.29, 1.82) is 0 Å². The van der Waals surface area contributed by atoms with E-state index in [2.05, 4.69) is 0 Å². The molecule has 10 heteroatoms. The number of benzene rings is 1. The van der Waals surface area contributed by atoms with Gasteiger partial charge in [-0.1, -0.05) is 13.0 Å². The quantitative estimate of drug-likeness (QED) is 0.579. The molecule has 3 aromatic rings. The third-order valence-corrected chi connectivity index (χ3v) is 8.67. The van der Waals surface area contributed by atoms with Gasteiger partial charge in [0.15, 0.2) is 15.5 Å². The van der Waals surface area contributed by atoms with Gasteiger partial charge in [-0.3, -0.25) is 9.13 Å². The number of hydrogen-bond donors (Lipinski definition) is 0. The standard InChI is InChI=1S/C23H26F2N4O3S/c1-15-4-5-16(28-8-10-33(31,32)11-9-28)12-17(15)18-6-7-19-20(26-18)27(3)21(30)29(19)14-22(2)13-23(22,24)25/h4-7,12H,8-11,13-14H2,1-3H3. The van der Waals surface area contributed by atoms with Crippen LogP contribution in [0.15, 0.2) is 35.1 Å². The first-order valence-corrected chi connectivity index (χ1v) is 12.7. The van der Waals surface area contributed by atoms with Crippen LogP contribution in [-0.4, -0.2) is 53.1 Å². The molecule has 0 bridgehead atoms. The highest BCUT2D eigenvalue weighted by Gasteiger charge is 2.68. The van der Waals surface area contributed by atoms with Crippen LogP contribution in [-0.2, 0) is 23.4 Å². The van der Waals surface area contributed by atoms with Crippen LogP contribution >= 0.6 is 0 Å². The topological polar surface area (TPSA) is 77.2 Å². The van der Waals surface area contributed by atoms with Gasteiger partial charge in [0.05, 0.1) is 28.1 Å². The summed E-state index contributed by atoms with van der Waals surface area (Å²) in [4.78, 5) is 19.6. The highest BCUT2D eigenvalue weighted by molar-refractivity contribution is 7.91. The molecule has 2 fully saturated rings. The van der Waals surface area contributed by atoms with Crippen molar-refractivity contribution in [2.45, 2.75) is 32.7 Å². The van der Waals surface area contributed by atoms with Crippen molar-refractivity contribution in [3.63, 3.8) is 0 Å². The number of hydrogen-bond acceptors (Lipinski definition) is 5. The molecule has 3 heterocycles. The largest absolute Gasteiger partial charge is 0.369 e. The summed E-state index contributed by atoms with van der Waals surface area (Å²) in [5, 5.41) is 0.